The molecule has 0 radical (unpaired) electrons. The van der Waals surface area contributed by atoms with Crippen molar-refractivity contribution in [2.75, 3.05) is 0 Å². The van der Waals surface area contributed by atoms with E-state index in [1.165, 1.54) is 0 Å². The first kappa shape index (κ1) is 12.2. The topological polar surface area (TPSA) is 85.2 Å². The average Bonchev–Trinajstić information content (AvgIpc) is 2.55. The highest BCUT2D eigenvalue weighted by Gasteiger charge is 2.34. The van der Waals surface area contributed by atoms with E-state index < -0.39 is 18.5 Å². The SMILES string of the molecule is C/C=C/C[C@H](C)C1=NC(=O)O[C@@H]1OC(=O)O. The molecule has 16 heavy (non-hydrogen) atoms. The van der Waals surface area contributed by atoms with Crippen LogP contribution in [0.1, 0.15) is 20.3 Å². The molecule has 6 heteroatoms. The van der Waals surface area contributed by atoms with Gasteiger partial charge < -0.3 is 14.6 Å². The van der Waals surface area contributed by atoms with Gasteiger partial charge in [0, 0.05) is 5.92 Å². The van der Waals surface area contributed by atoms with Crippen LogP contribution in [0.4, 0.5) is 9.59 Å². The van der Waals surface area contributed by atoms with Crippen LogP contribution in [0, 0.1) is 5.92 Å². The molecule has 0 saturated heterocycles. The number of ether oxygens (including phenoxy) is 2. The molecule has 1 N–H and O–H groups in total. The molecule has 0 unspecified atom stereocenters. The van der Waals surface area contributed by atoms with E-state index >= 15 is 0 Å². The first-order valence-corrected chi connectivity index (χ1v) is 4.84. The Balaban J connectivity index is 2.70. The van der Waals surface area contributed by atoms with E-state index in [1.807, 2.05) is 26.0 Å². The van der Waals surface area contributed by atoms with Crippen molar-refractivity contribution in [1.82, 2.24) is 0 Å². The zero-order chi connectivity index (χ0) is 12.1. The number of allylic oxidation sites excluding steroid dienone is 2. The highest BCUT2D eigenvalue weighted by Crippen LogP contribution is 2.18. The Hall–Kier alpha value is -1.85. The lowest BCUT2D eigenvalue weighted by Crippen LogP contribution is -2.29. The lowest BCUT2D eigenvalue weighted by molar-refractivity contribution is -0.0272. The van der Waals surface area contributed by atoms with Gasteiger partial charge in [-0.25, -0.2) is 9.59 Å². The van der Waals surface area contributed by atoms with Crippen molar-refractivity contribution in [1.29, 1.82) is 0 Å². The van der Waals surface area contributed by atoms with Crippen molar-refractivity contribution in [2.24, 2.45) is 10.9 Å². The summed E-state index contributed by atoms with van der Waals surface area (Å²) < 4.78 is 9.03. The fraction of sp³-hybridized carbons (Fsp3) is 0.500. The largest absolute Gasteiger partial charge is 0.509 e. The maximum absolute atomic E-state index is 10.9. The molecule has 6 nitrogen and oxygen atoms in total. The summed E-state index contributed by atoms with van der Waals surface area (Å²) in [6, 6.07) is 0. The molecule has 0 aromatic heterocycles. The summed E-state index contributed by atoms with van der Waals surface area (Å²) in [6.07, 6.45) is 0.894. The molecule has 1 amide bonds. The first-order valence-electron chi connectivity index (χ1n) is 4.84. The standard InChI is InChI=1S/C10H13NO5/c1-3-4-5-6(2)7-8(16-10(13)14)15-9(12)11-7/h3-4,6,8H,5H2,1-2H3,(H,13,14)/b4-3+/t6-,8+/m0/s1. The summed E-state index contributed by atoms with van der Waals surface area (Å²) >= 11 is 0. The van der Waals surface area contributed by atoms with Crippen LogP contribution in [0.25, 0.3) is 0 Å². The van der Waals surface area contributed by atoms with Gasteiger partial charge in [-0.2, -0.15) is 4.99 Å². The molecule has 0 saturated carbocycles. The van der Waals surface area contributed by atoms with Gasteiger partial charge in [0.25, 0.3) is 6.29 Å². The van der Waals surface area contributed by atoms with Gasteiger partial charge >= 0.3 is 12.2 Å². The van der Waals surface area contributed by atoms with Crippen LogP contribution in [-0.2, 0) is 9.47 Å². The van der Waals surface area contributed by atoms with Gasteiger partial charge in [-0.05, 0) is 13.3 Å². The number of nitrogens with zero attached hydrogens (tertiary/aromatic N) is 1. The van der Waals surface area contributed by atoms with E-state index in [4.69, 9.17) is 5.11 Å². The molecule has 0 aromatic rings. The molecule has 0 aromatic carbocycles. The van der Waals surface area contributed by atoms with E-state index in [0.717, 1.165) is 0 Å². The summed E-state index contributed by atoms with van der Waals surface area (Å²) in [4.78, 5) is 24.9. The number of carboxylic acid groups (broad SMARTS) is 1. The summed E-state index contributed by atoms with van der Waals surface area (Å²) in [5.41, 5.74) is 0.311. The molecule has 1 rings (SSSR count). The third-order valence-electron chi connectivity index (χ3n) is 2.11. The molecule has 1 aliphatic heterocycles. The third kappa shape index (κ3) is 3.08. The number of carbonyl (C=O) groups excluding carboxylic acids is 1. The smallest absolute Gasteiger partial charge is 0.450 e. The van der Waals surface area contributed by atoms with Crippen LogP contribution in [-0.4, -0.2) is 29.4 Å². The van der Waals surface area contributed by atoms with Crippen molar-refractivity contribution in [2.45, 2.75) is 26.6 Å². The van der Waals surface area contributed by atoms with Crippen molar-refractivity contribution in [3.63, 3.8) is 0 Å². The predicted molar refractivity (Wildman–Crippen MR) is 55.4 cm³/mol. The Bertz CT molecular complexity index is 347. The minimum atomic E-state index is -1.49. The lowest BCUT2D eigenvalue weighted by atomic mass is 10.0. The molecule has 1 aliphatic rings. The van der Waals surface area contributed by atoms with Gasteiger partial charge in [0.15, 0.2) is 0 Å². The normalized spacial score (nSPS) is 21.8. The number of cyclic esters (lactones) is 1. The van der Waals surface area contributed by atoms with Gasteiger partial charge in [0.2, 0.25) is 0 Å². The number of carbonyl (C=O) groups is 2. The fourth-order valence-corrected chi connectivity index (χ4v) is 1.32. The monoisotopic (exact) mass is 227 g/mol. The maximum atomic E-state index is 10.9. The van der Waals surface area contributed by atoms with E-state index in [1.54, 1.807) is 0 Å². The Kier molecular flexibility index (Phi) is 4.04. The molecule has 0 fully saturated rings. The van der Waals surface area contributed by atoms with E-state index in [2.05, 4.69) is 14.5 Å². The number of hydrogen-bond acceptors (Lipinski definition) is 4. The van der Waals surface area contributed by atoms with Crippen molar-refractivity contribution >= 4 is 18.0 Å². The number of amides is 1. The second kappa shape index (κ2) is 5.29. The molecule has 2 atom stereocenters. The van der Waals surface area contributed by atoms with Crippen molar-refractivity contribution in [3.05, 3.63) is 12.2 Å². The molecular formula is C10H13NO5. The number of aliphatic imine (C=N–C) groups is 1. The van der Waals surface area contributed by atoms with Crippen molar-refractivity contribution in [3.8, 4) is 0 Å². The van der Waals surface area contributed by atoms with Crippen LogP contribution in [0.15, 0.2) is 17.1 Å². The van der Waals surface area contributed by atoms with Crippen LogP contribution in [0.2, 0.25) is 0 Å². The first-order chi connectivity index (χ1) is 7.54. The van der Waals surface area contributed by atoms with Crippen LogP contribution in [0.5, 0.6) is 0 Å². The molecule has 0 bridgehead atoms. The lowest BCUT2D eigenvalue weighted by Gasteiger charge is -2.14. The molecule has 88 valence electrons. The average molecular weight is 227 g/mol. The van der Waals surface area contributed by atoms with Gasteiger partial charge in [0.1, 0.15) is 5.71 Å². The third-order valence-corrected chi connectivity index (χ3v) is 2.11. The second-order valence-electron chi connectivity index (χ2n) is 3.34. The second-order valence-corrected chi connectivity index (χ2v) is 3.34. The van der Waals surface area contributed by atoms with E-state index in [0.29, 0.717) is 12.1 Å². The Morgan fingerprint density at radius 2 is 2.44 bits per heavy atom. The summed E-state index contributed by atoms with van der Waals surface area (Å²) in [5.74, 6) is -0.105. The van der Waals surface area contributed by atoms with Crippen LogP contribution in [0.3, 0.4) is 0 Å². The zero-order valence-electron chi connectivity index (χ0n) is 9.04. The van der Waals surface area contributed by atoms with E-state index in [9.17, 15) is 9.59 Å². The van der Waals surface area contributed by atoms with E-state index in [-0.39, 0.29) is 5.92 Å². The van der Waals surface area contributed by atoms with Crippen LogP contribution < -0.4 is 0 Å². The molecule has 0 aliphatic carbocycles. The highest BCUT2D eigenvalue weighted by molar-refractivity contribution is 6.02. The van der Waals surface area contributed by atoms with Crippen molar-refractivity contribution < 1.29 is 24.2 Å². The fourth-order valence-electron chi connectivity index (χ4n) is 1.32. The van der Waals surface area contributed by atoms with Crippen LogP contribution >= 0.6 is 0 Å². The Morgan fingerprint density at radius 1 is 1.75 bits per heavy atom. The quantitative estimate of drug-likeness (QED) is 0.587. The number of rotatable bonds is 4. The minimum absolute atomic E-state index is 0.105. The molecule has 1 heterocycles. The summed E-state index contributed by atoms with van der Waals surface area (Å²) in [5, 5.41) is 8.45. The Labute approximate surface area is 92.6 Å². The predicted octanol–water partition coefficient (Wildman–Crippen LogP) is 2.20. The highest BCUT2D eigenvalue weighted by atomic mass is 16.8. The number of hydrogen-bond donors (Lipinski definition) is 1. The minimum Gasteiger partial charge on any atom is -0.450 e. The zero-order valence-corrected chi connectivity index (χ0v) is 9.04. The summed E-state index contributed by atoms with van der Waals surface area (Å²) in [6.45, 7) is 3.69. The summed E-state index contributed by atoms with van der Waals surface area (Å²) in [7, 11) is 0. The van der Waals surface area contributed by atoms with Gasteiger partial charge in [-0.15, -0.1) is 0 Å². The molecular weight excluding hydrogens is 214 g/mol. The maximum Gasteiger partial charge on any atom is 0.509 e. The van der Waals surface area contributed by atoms with Gasteiger partial charge in [0.05, 0.1) is 0 Å². The Morgan fingerprint density at radius 3 is 3.00 bits per heavy atom. The van der Waals surface area contributed by atoms with Gasteiger partial charge in [-0.1, -0.05) is 19.1 Å². The van der Waals surface area contributed by atoms with Gasteiger partial charge in [-0.3, -0.25) is 0 Å². The molecule has 0 spiro atoms.